The third kappa shape index (κ3) is 2.83. The van der Waals surface area contributed by atoms with E-state index in [1.807, 2.05) is 0 Å². The van der Waals surface area contributed by atoms with Crippen LogP contribution in [0.1, 0.15) is 10.4 Å². The maximum Gasteiger partial charge on any atom is 0.269 e. The minimum absolute atomic E-state index is 0.0528. The van der Waals surface area contributed by atoms with E-state index in [0.29, 0.717) is 27.8 Å². The maximum absolute atomic E-state index is 13.4. The Hall–Kier alpha value is -2.87. The van der Waals surface area contributed by atoms with Gasteiger partial charge in [-0.1, -0.05) is 12.1 Å². The summed E-state index contributed by atoms with van der Waals surface area (Å²) in [4.78, 5) is 21.7. The fourth-order valence-corrected chi connectivity index (χ4v) is 2.81. The first-order valence-corrected chi connectivity index (χ1v) is 7.55. The fourth-order valence-electron chi connectivity index (χ4n) is 2.25. The van der Waals surface area contributed by atoms with Gasteiger partial charge in [0.2, 0.25) is 0 Å². The van der Waals surface area contributed by atoms with Gasteiger partial charge in [-0.2, -0.15) is 5.10 Å². The second-order valence-corrected chi connectivity index (χ2v) is 5.62. The van der Waals surface area contributed by atoms with E-state index >= 15 is 0 Å². The summed E-state index contributed by atoms with van der Waals surface area (Å²) in [6, 6.07) is 11.5. The van der Waals surface area contributed by atoms with Crippen molar-refractivity contribution in [2.45, 2.75) is 0 Å². The lowest BCUT2D eigenvalue weighted by Crippen LogP contribution is -1.97. The van der Waals surface area contributed by atoms with Gasteiger partial charge in [-0.05, 0) is 40.2 Å². The first kappa shape index (κ1) is 16.0. The van der Waals surface area contributed by atoms with Gasteiger partial charge in [0, 0.05) is 17.7 Å². The number of aldehydes is 1. The van der Waals surface area contributed by atoms with Crippen LogP contribution in [0.15, 0.2) is 53.1 Å². The molecular weight excluding hydrogens is 381 g/mol. The Morgan fingerprint density at radius 1 is 1.21 bits per heavy atom. The van der Waals surface area contributed by atoms with Crippen LogP contribution in [0, 0.1) is 15.9 Å². The van der Waals surface area contributed by atoms with Crippen LogP contribution in [-0.2, 0) is 0 Å². The molecule has 120 valence electrons. The average molecular weight is 390 g/mol. The van der Waals surface area contributed by atoms with E-state index in [-0.39, 0.29) is 11.3 Å². The SMILES string of the molecule is O=Cc1c(-c2cccc(F)c2)nn(-c2ccc([N+](=O)[O-])cc2)c1Br. The predicted molar refractivity (Wildman–Crippen MR) is 88.7 cm³/mol. The van der Waals surface area contributed by atoms with E-state index in [9.17, 15) is 19.3 Å². The van der Waals surface area contributed by atoms with E-state index in [4.69, 9.17) is 0 Å². The van der Waals surface area contributed by atoms with Crippen molar-refractivity contribution in [3.05, 3.63) is 74.6 Å². The Kier molecular flexibility index (Phi) is 4.22. The van der Waals surface area contributed by atoms with Crippen molar-refractivity contribution in [1.82, 2.24) is 9.78 Å². The number of rotatable bonds is 4. The van der Waals surface area contributed by atoms with Gasteiger partial charge in [0.25, 0.3) is 5.69 Å². The molecule has 0 unspecified atom stereocenters. The average Bonchev–Trinajstić information content (AvgIpc) is 2.91. The van der Waals surface area contributed by atoms with Crippen LogP contribution in [0.5, 0.6) is 0 Å². The number of nitro groups is 1. The summed E-state index contributed by atoms with van der Waals surface area (Å²) in [7, 11) is 0. The van der Waals surface area contributed by atoms with Crippen LogP contribution < -0.4 is 0 Å². The summed E-state index contributed by atoms with van der Waals surface area (Å²) in [5.74, 6) is -0.439. The van der Waals surface area contributed by atoms with E-state index in [1.54, 1.807) is 6.07 Å². The summed E-state index contributed by atoms with van der Waals surface area (Å²) >= 11 is 3.30. The highest BCUT2D eigenvalue weighted by Gasteiger charge is 2.19. The number of benzene rings is 2. The van der Waals surface area contributed by atoms with Crippen LogP contribution in [0.2, 0.25) is 0 Å². The number of hydrogen-bond donors (Lipinski definition) is 0. The molecule has 0 saturated carbocycles. The molecule has 2 aromatic carbocycles. The highest BCUT2D eigenvalue weighted by molar-refractivity contribution is 9.10. The summed E-state index contributed by atoms with van der Waals surface area (Å²) < 4.78 is 15.2. The van der Waals surface area contributed by atoms with E-state index < -0.39 is 10.7 Å². The smallest absolute Gasteiger partial charge is 0.269 e. The monoisotopic (exact) mass is 389 g/mol. The van der Waals surface area contributed by atoms with Crippen molar-refractivity contribution in [3.8, 4) is 16.9 Å². The van der Waals surface area contributed by atoms with Crippen molar-refractivity contribution in [2.24, 2.45) is 0 Å². The molecule has 0 N–H and O–H groups in total. The van der Waals surface area contributed by atoms with Crippen LogP contribution in [-0.4, -0.2) is 21.0 Å². The zero-order valence-electron chi connectivity index (χ0n) is 12.0. The summed E-state index contributed by atoms with van der Waals surface area (Å²) in [5, 5.41) is 15.1. The fraction of sp³-hybridized carbons (Fsp3) is 0. The molecule has 1 aromatic heterocycles. The normalized spacial score (nSPS) is 10.6. The minimum atomic E-state index is -0.503. The molecule has 0 spiro atoms. The van der Waals surface area contributed by atoms with Gasteiger partial charge < -0.3 is 0 Å². The highest BCUT2D eigenvalue weighted by Crippen LogP contribution is 2.30. The number of carbonyl (C=O) groups is 1. The zero-order chi connectivity index (χ0) is 17.3. The first-order valence-electron chi connectivity index (χ1n) is 6.75. The molecule has 6 nitrogen and oxygen atoms in total. The van der Waals surface area contributed by atoms with E-state index in [0.717, 1.165) is 0 Å². The topological polar surface area (TPSA) is 78.0 Å². The third-order valence-corrected chi connectivity index (χ3v) is 4.15. The molecule has 0 aliphatic heterocycles. The second kappa shape index (κ2) is 6.32. The lowest BCUT2D eigenvalue weighted by atomic mass is 10.1. The second-order valence-electron chi connectivity index (χ2n) is 4.87. The van der Waals surface area contributed by atoms with Gasteiger partial charge in [-0.3, -0.25) is 14.9 Å². The number of nitrogens with zero attached hydrogens (tertiary/aromatic N) is 3. The van der Waals surface area contributed by atoms with Crippen LogP contribution in [0.4, 0.5) is 10.1 Å². The Balaban J connectivity index is 2.13. The van der Waals surface area contributed by atoms with E-state index in [2.05, 4.69) is 21.0 Å². The summed E-state index contributed by atoms with van der Waals surface area (Å²) in [5.41, 5.74) is 1.51. The van der Waals surface area contributed by atoms with Crippen molar-refractivity contribution < 1.29 is 14.1 Å². The minimum Gasteiger partial charge on any atom is -0.298 e. The molecule has 0 radical (unpaired) electrons. The predicted octanol–water partition coefficient (Wildman–Crippen LogP) is 4.16. The lowest BCUT2D eigenvalue weighted by Gasteiger charge is -2.02. The molecule has 8 heteroatoms. The Morgan fingerprint density at radius 2 is 1.92 bits per heavy atom. The Labute approximate surface area is 143 Å². The number of non-ortho nitro benzene ring substituents is 1. The largest absolute Gasteiger partial charge is 0.298 e. The highest BCUT2D eigenvalue weighted by atomic mass is 79.9. The quantitative estimate of drug-likeness (QED) is 0.381. The summed E-state index contributed by atoms with van der Waals surface area (Å²) in [6.07, 6.45) is 0.624. The molecular formula is C16H9BrFN3O3. The Bertz CT molecular complexity index is 938. The van der Waals surface area contributed by atoms with Gasteiger partial charge in [0.15, 0.2) is 6.29 Å². The van der Waals surface area contributed by atoms with Crippen molar-refractivity contribution in [2.75, 3.05) is 0 Å². The van der Waals surface area contributed by atoms with Crippen molar-refractivity contribution >= 4 is 27.9 Å². The van der Waals surface area contributed by atoms with E-state index in [1.165, 1.54) is 47.1 Å². The molecule has 0 aliphatic carbocycles. The number of nitro benzene ring substituents is 1. The number of hydrogen-bond acceptors (Lipinski definition) is 4. The number of carbonyl (C=O) groups excluding carboxylic acids is 1. The van der Waals surface area contributed by atoms with Gasteiger partial charge in [0.1, 0.15) is 16.1 Å². The van der Waals surface area contributed by atoms with Crippen LogP contribution in [0.3, 0.4) is 0 Å². The van der Waals surface area contributed by atoms with Gasteiger partial charge in [-0.25, -0.2) is 9.07 Å². The molecule has 0 amide bonds. The van der Waals surface area contributed by atoms with Gasteiger partial charge in [-0.15, -0.1) is 0 Å². The molecule has 3 rings (SSSR count). The number of halogens is 2. The van der Waals surface area contributed by atoms with Crippen LogP contribution >= 0.6 is 15.9 Å². The lowest BCUT2D eigenvalue weighted by molar-refractivity contribution is -0.384. The molecule has 0 fully saturated rings. The Morgan fingerprint density at radius 3 is 2.50 bits per heavy atom. The molecule has 1 heterocycles. The van der Waals surface area contributed by atoms with Gasteiger partial charge in [0.05, 0.1) is 16.2 Å². The third-order valence-electron chi connectivity index (χ3n) is 3.38. The molecule has 3 aromatic rings. The molecule has 0 aliphatic rings. The molecule has 0 atom stereocenters. The molecule has 0 saturated heterocycles. The van der Waals surface area contributed by atoms with Crippen LogP contribution in [0.25, 0.3) is 16.9 Å². The first-order chi connectivity index (χ1) is 11.5. The zero-order valence-corrected chi connectivity index (χ0v) is 13.6. The maximum atomic E-state index is 13.4. The molecule has 24 heavy (non-hydrogen) atoms. The van der Waals surface area contributed by atoms with Crippen molar-refractivity contribution in [3.63, 3.8) is 0 Å². The van der Waals surface area contributed by atoms with Crippen molar-refractivity contribution in [1.29, 1.82) is 0 Å². The summed E-state index contributed by atoms with van der Waals surface area (Å²) in [6.45, 7) is 0. The standard InChI is InChI=1S/C16H9BrFN3O3/c17-16-14(9-22)15(10-2-1-3-11(18)8-10)19-20(16)12-4-6-13(7-5-12)21(23)24/h1-9H. The number of aromatic nitrogens is 2. The molecule has 0 bridgehead atoms. The van der Waals surface area contributed by atoms with Gasteiger partial charge >= 0.3 is 0 Å².